The Bertz CT molecular complexity index is 1130. The van der Waals surface area contributed by atoms with Crippen LogP contribution in [0.15, 0.2) is 59.7 Å². The highest BCUT2D eigenvalue weighted by Gasteiger charge is 2.53. The van der Waals surface area contributed by atoms with Gasteiger partial charge in [0, 0.05) is 35.3 Å². The summed E-state index contributed by atoms with van der Waals surface area (Å²) in [5, 5.41) is 9.33. The van der Waals surface area contributed by atoms with Crippen LogP contribution in [0.4, 0.5) is 0 Å². The normalized spacial score (nSPS) is 25.2. The van der Waals surface area contributed by atoms with Crippen molar-refractivity contribution >= 4 is 40.3 Å². The molecule has 3 aliphatic rings. The maximum atomic E-state index is 13.8. The van der Waals surface area contributed by atoms with Crippen LogP contribution < -0.4 is 10.7 Å². The Morgan fingerprint density at radius 1 is 1.14 bits per heavy atom. The smallest absolute Gasteiger partial charge is 0.231 e. The van der Waals surface area contributed by atoms with E-state index in [1.165, 1.54) is 0 Å². The number of carbonyl (C=O) groups excluding carboxylic acids is 2. The topological polar surface area (TPSA) is 77.0 Å². The first-order valence-corrected chi connectivity index (χ1v) is 13.9. The van der Waals surface area contributed by atoms with Gasteiger partial charge in [0.05, 0.1) is 5.92 Å². The minimum atomic E-state index is -0.362. The van der Waals surface area contributed by atoms with Gasteiger partial charge in [-0.3, -0.25) is 19.9 Å². The number of benzene rings is 2. The fourth-order valence-electron chi connectivity index (χ4n) is 5.38. The minimum absolute atomic E-state index is 0.0716. The van der Waals surface area contributed by atoms with Crippen LogP contribution in [-0.4, -0.2) is 45.2 Å². The van der Waals surface area contributed by atoms with Gasteiger partial charge in [-0.2, -0.15) is 5.10 Å². The van der Waals surface area contributed by atoms with Crippen molar-refractivity contribution in [3.05, 3.63) is 70.7 Å². The minimum Gasteiger partial charge on any atom is -0.354 e. The van der Waals surface area contributed by atoms with E-state index in [9.17, 15) is 9.59 Å². The highest BCUT2D eigenvalue weighted by Crippen LogP contribution is 2.41. The summed E-state index contributed by atoms with van der Waals surface area (Å²) < 4.78 is 0. The number of nitrogens with zero attached hydrogens (tertiary/aromatic N) is 3. The lowest BCUT2D eigenvalue weighted by Crippen LogP contribution is -2.67. The standard InChI is InChI=1S/C27H32ClN5O2S/c1-17(2)29-24(34)20-10-13-22-23(14-20)33-26(32(25(22)35)15-18-6-4-3-5-7-18)30-31-27(33)36-16-19-8-11-21(28)12-9-19/h3-9,11-12,17,20,22-23,26,30H,10,13-16H2,1-2H3,(H,29,34). The number of halogens is 1. The SMILES string of the molecule is CC(C)NC(=O)C1CCC2C(=O)N(Cc3ccccc3)C3NN=C(SCc4ccc(Cl)cc4)N3C2C1. The lowest BCUT2D eigenvalue weighted by atomic mass is 9.75. The van der Waals surface area contributed by atoms with E-state index in [4.69, 9.17) is 11.6 Å². The Kier molecular flexibility index (Phi) is 7.44. The highest BCUT2D eigenvalue weighted by molar-refractivity contribution is 8.13. The number of fused-ring (bicyclic) bond motifs is 3. The Hall–Kier alpha value is -2.71. The Labute approximate surface area is 221 Å². The summed E-state index contributed by atoms with van der Waals surface area (Å²) in [5.41, 5.74) is 5.47. The summed E-state index contributed by atoms with van der Waals surface area (Å²) in [7, 11) is 0. The van der Waals surface area contributed by atoms with Gasteiger partial charge in [0.1, 0.15) is 0 Å². The molecule has 2 N–H and O–H groups in total. The average molecular weight is 526 g/mol. The van der Waals surface area contributed by atoms with Gasteiger partial charge < -0.3 is 10.2 Å². The van der Waals surface area contributed by atoms with Gasteiger partial charge >= 0.3 is 0 Å². The Balaban J connectivity index is 1.39. The largest absolute Gasteiger partial charge is 0.354 e. The summed E-state index contributed by atoms with van der Waals surface area (Å²) in [5.74, 6) is 0.695. The van der Waals surface area contributed by atoms with Gasteiger partial charge in [0.2, 0.25) is 11.8 Å². The zero-order valence-corrected chi connectivity index (χ0v) is 22.1. The van der Waals surface area contributed by atoms with Gasteiger partial charge in [-0.15, -0.1) is 0 Å². The molecule has 2 amide bonds. The molecule has 4 atom stereocenters. The summed E-state index contributed by atoms with van der Waals surface area (Å²) in [4.78, 5) is 30.8. The molecule has 5 rings (SSSR count). The van der Waals surface area contributed by atoms with Crippen molar-refractivity contribution in [2.45, 2.75) is 63.8 Å². The molecule has 9 heteroatoms. The number of carbonyl (C=O) groups is 2. The Morgan fingerprint density at radius 3 is 2.61 bits per heavy atom. The summed E-state index contributed by atoms with van der Waals surface area (Å²) >= 11 is 7.70. The van der Waals surface area contributed by atoms with Crippen molar-refractivity contribution in [1.82, 2.24) is 20.5 Å². The molecular formula is C27H32ClN5O2S. The molecule has 2 aliphatic heterocycles. The third-order valence-electron chi connectivity index (χ3n) is 7.11. The number of hydrogen-bond acceptors (Lipinski definition) is 6. The molecule has 190 valence electrons. The molecule has 36 heavy (non-hydrogen) atoms. The van der Waals surface area contributed by atoms with E-state index >= 15 is 0 Å². The first-order valence-electron chi connectivity index (χ1n) is 12.5. The second kappa shape index (κ2) is 10.7. The van der Waals surface area contributed by atoms with Gasteiger partial charge in [-0.1, -0.05) is 65.8 Å². The molecule has 0 spiro atoms. The maximum Gasteiger partial charge on any atom is 0.231 e. The molecular weight excluding hydrogens is 494 g/mol. The monoisotopic (exact) mass is 525 g/mol. The van der Waals surface area contributed by atoms with E-state index in [1.54, 1.807) is 11.8 Å². The molecule has 2 heterocycles. The molecule has 7 nitrogen and oxygen atoms in total. The first kappa shape index (κ1) is 25.0. The first-order chi connectivity index (χ1) is 17.4. The van der Waals surface area contributed by atoms with E-state index in [0.717, 1.165) is 28.5 Å². The number of hydrogen-bond donors (Lipinski definition) is 2. The number of rotatable bonds is 6. The number of amides is 2. The number of thioether (sulfide) groups is 1. The average Bonchev–Trinajstić information content (AvgIpc) is 3.30. The molecule has 0 aromatic heterocycles. The molecule has 2 fully saturated rings. The van der Waals surface area contributed by atoms with Crippen molar-refractivity contribution in [3.8, 4) is 0 Å². The summed E-state index contributed by atoms with van der Waals surface area (Å²) in [6, 6.07) is 17.9. The molecule has 0 radical (unpaired) electrons. The van der Waals surface area contributed by atoms with Crippen LogP contribution in [0.5, 0.6) is 0 Å². The molecule has 4 unspecified atom stereocenters. The third-order valence-corrected chi connectivity index (χ3v) is 8.40. The molecule has 2 aromatic rings. The lowest BCUT2D eigenvalue weighted by Gasteiger charge is -2.51. The van der Waals surface area contributed by atoms with Crippen molar-refractivity contribution in [2.24, 2.45) is 16.9 Å². The molecule has 1 saturated carbocycles. The summed E-state index contributed by atoms with van der Waals surface area (Å²) in [6.07, 6.45) is 1.70. The van der Waals surface area contributed by atoms with Crippen LogP contribution in [0.3, 0.4) is 0 Å². The van der Waals surface area contributed by atoms with E-state index in [-0.39, 0.29) is 42.0 Å². The zero-order chi connectivity index (χ0) is 25.2. The zero-order valence-electron chi connectivity index (χ0n) is 20.6. The molecule has 2 aromatic carbocycles. The molecule has 1 aliphatic carbocycles. The van der Waals surface area contributed by atoms with Crippen molar-refractivity contribution in [1.29, 1.82) is 0 Å². The van der Waals surface area contributed by atoms with Gasteiger partial charge in [-0.05, 0) is 56.4 Å². The second-order valence-electron chi connectivity index (χ2n) is 10.0. The highest BCUT2D eigenvalue weighted by atomic mass is 35.5. The van der Waals surface area contributed by atoms with Crippen LogP contribution in [-0.2, 0) is 21.9 Å². The van der Waals surface area contributed by atoms with Gasteiger partial charge in [0.25, 0.3) is 0 Å². The van der Waals surface area contributed by atoms with Crippen LogP contribution in [0, 0.1) is 11.8 Å². The van der Waals surface area contributed by atoms with Crippen LogP contribution in [0.25, 0.3) is 0 Å². The van der Waals surface area contributed by atoms with Crippen molar-refractivity contribution < 1.29 is 9.59 Å². The van der Waals surface area contributed by atoms with E-state index < -0.39 is 0 Å². The quantitative estimate of drug-likeness (QED) is 0.585. The lowest BCUT2D eigenvalue weighted by molar-refractivity contribution is -0.159. The van der Waals surface area contributed by atoms with Crippen LogP contribution in [0.1, 0.15) is 44.2 Å². The van der Waals surface area contributed by atoms with E-state index in [1.807, 2.05) is 73.3 Å². The van der Waals surface area contributed by atoms with E-state index in [2.05, 4.69) is 20.7 Å². The fraction of sp³-hybridized carbons (Fsp3) is 0.444. The number of amidine groups is 1. The number of hydrazone groups is 1. The van der Waals surface area contributed by atoms with E-state index in [0.29, 0.717) is 24.4 Å². The van der Waals surface area contributed by atoms with Crippen LogP contribution >= 0.6 is 23.4 Å². The number of nitrogens with one attached hydrogen (secondary N) is 2. The maximum absolute atomic E-state index is 13.8. The van der Waals surface area contributed by atoms with Crippen molar-refractivity contribution in [2.75, 3.05) is 0 Å². The second-order valence-corrected chi connectivity index (χ2v) is 11.4. The predicted molar refractivity (Wildman–Crippen MR) is 144 cm³/mol. The van der Waals surface area contributed by atoms with Gasteiger partial charge in [-0.25, -0.2) is 0 Å². The fourth-order valence-corrected chi connectivity index (χ4v) is 6.49. The Morgan fingerprint density at radius 2 is 1.89 bits per heavy atom. The predicted octanol–water partition coefficient (Wildman–Crippen LogP) is 4.38. The van der Waals surface area contributed by atoms with Gasteiger partial charge in [0.15, 0.2) is 11.5 Å². The van der Waals surface area contributed by atoms with Crippen LogP contribution in [0.2, 0.25) is 5.02 Å². The summed E-state index contributed by atoms with van der Waals surface area (Å²) in [6.45, 7) is 4.47. The molecule has 1 saturated heterocycles. The molecule has 0 bridgehead atoms. The third kappa shape index (κ3) is 5.20. The van der Waals surface area contributed by atoms with Crippen molar-refractivity contribution in [3.63, 3.8) is 0 Å².